The molecule has 3 N–H and O–H groups in total. The summed E-state index contributed by atoms with van der Waals surface area (Å²) >= 11 is 0. The van der Waals surface area contributed by atoms with E-state index < -0.39 is 10.8 Å². The van der Waals surface area contributed by atoms with Gasteiger partial charge in [0.25, 0.3) is 0 Å². The summed E-state index contributed by atoms with van der Waals surface area (Å²) in [4.78, 5) is 11.9. The highest BCUT2D eigenvalue weighted by Gasteiger charge is 2.10. The summed E-state index contributed by atoms with van der Waals surface area (Å²) in [5, 5.41) is 2.76. The number of amides is 1. The molecule has 0 heterocycles. The van der Waals surface area contributed by atoms with E-state index in [9.17, 15) is 9.00 Å². The minimum Gasteiger partial charge on any atom is -0.398 e. The van der Waals surface area contributed by atoms with Gasteiger partial charge in [0, 0.05) is 27.9 Å². The molecule has 0 aliphatic carbocycles. The van der Waals surface area contributed by atoms with Crippen molar-refractivity contribution in [3.63, 3.8) is 0 Å². The number of rotatable bonds is 5. The van der Waals surface area contributed by atoms with Crippen molar-refractivity contribution in [3.8, 4) is 0 Å². The van der Waals surface area contributed by atoms with E-state index >= 15 is 0 Å². The van der Waals surface area contributed by atoms with Gasteiger partial charge in [0.15, 0.2) is 0 Å². The fraction of sp³-hybridized carbons (Fsp3) is 0.188. The molecule has 2 aromatic rings. The lowest BCUT2D eigenvalue weighted by Gasteiger charge is -2.10. The molecule has 2 aromatic carbocycles. The van der Waals surface area contributed by atoms with Crippen LogP contribution in [0.4, 0.5) is 11.4 Å². The van der Waals surface area contributed by atoms with Gasteiger partial charge in [-0.1, -0.05) is 36.4 Å². The number of nitrogens with one attached hydrogen (secondary N) is 1. The molecule has 1 unspecified atom stereocenters. The molecule has 4 nitrogen and oxygen atoms in total. The quantitative estimate of drug-likeness (QED) is 0.833. The summed E-state index contributed by atoms with van der Waals surface area (Å²) in [5.41, 5.74) is 8.86. The van der Waals surface area contributed by atoms with Crippen LogP contribution in [0.25, 0.3) is 0 Å². The summed E-state index contributed by atoms with van der Waals surface area (Å²) in [7, 11) is -1.23. The lowest BCUT2D eigenvalue weighted by Crippen LogP contribution is -2.20. The SMILES string of the molecule is Cc1c(N)cccc1NC(=O)CS(=O)Cc1ccccc1. The third kappa shape index (κ3) is 4.43. The molecule has 21 heavy (non-hydrogen) atoms. The number of nitrogens with two attached hydrogens (primary N) is 1. The van der Waals surface area contributed by atoms with Crippen LogP contribution < -0.4 is 11.1 Å². The summed E-state index contributed by atoms with van der Waals surface area (Å²) in [6.07, 6.45) is 0. The summed E-state index contributed by atoms with van der Waals surface area (Å²) in [6.45, 7) is 1.84. The van der Waals surface area contributed by atoms with Gasteiger partial charge in [-0.3, -0.25) is 9.00 Å². The van der Waals surface area contributed by atoms with Gasteiger partial charge in [0.2, 0.25) is 5.91 Å². The third-order valence-electron chi connectivity index (χ3n) is 3.11. The Hall–Kier alpha value is -2.14. The first-order valence-electron chi connectivity index (χ1n) is 6.60. The number of anilines is 2. The first-order chi connectivity index (χ1) is 10.1. The van der Waals surface area contributed by atoms with Crippen LogP contribution in [0.15, 0.2) is 48.5 Å². The average Bonchev–Trinajstić information content (AvgIpc) is 2.44. The Kier molecular flexibility index (Phi) is 5.11. The van der Waals surface area contributed by atoms with E-state index in [4.69, 9.17) is 5.73 Å². The second kappa shape index (κ2) is 7.04. The van der Waals surface area contributed by atoms with Crippen molar-refractivity contribution >= 4 is 28.1 Å². The zero-order valence-corrected chi connectivity index (χ0v) is 12.7. The zero-order chi connectivity index (χ0) is 15.2. The molecule has 0 radical (unpaired) electrons. The zero-order valence-electron chi connectivity index (χ0n) is 11.8. The topological polar surface area (TPSA) is 72.2 Å². The monoisotopic (exact) mass is 302 g/mol. The third-order valence-corrected chi connectivity index (χ3v) is 4.35. The van der Waals surface area contributed by atoms with Gasteiger partial charge in [-0.05, 0) is 30.2 Å². The Labute approximate surface area is 126 Å². The molecule has 0 saturated carbocycles. The van der Waals surface area contributed by atoms with E-state index in [-0.39, 0.29) is 11.7 Å². The Bertz CT molecular complexity index is 657. The second-order valence-corrected chi connectivity index (χ2v) is 6.24. The van der Waals surface area contributed by atoms with Gasteiger partial charge in [0.1, 0.15) is 5.75 Å². The lowest BCUT2D eigenvalue weighted by atomic mass is 10.1. The molecule has 0 aromatic heterocycles. The van der Waals surface area contributed by atoms with Crippen molar-refractivity contribution in [2.45, 2.75) is 12.7 Å². The van der Waals surface area contributed by atoms with Gasteiger partial charge < -0.3 is 11.1 Å². The number of nitrogen functional groups attached to an aromatic ring is 1. The van der Waals surface area contributed by atoms with Gasteiger partial charge in [-0.15, -0.1) is 0 Å². The maximum Gasteiger partial charge on any atom is 0.237 e. The van der Waals surface area contributed by atoms with Gasteiger partial charge in [0.05, 0.1) is 0 Å². The predicted octanol–water partition coefficient (Wildman–Crippen LogP) is 2.46. The number of carbonyl (C=O) groups excluding carboxylic acids is 1. The minimum atomic E-state index is -1.23. The summed E-state index contributed by atoms with van der Waals surface area (Å²) in [5.74, 6) is 0.0887. The number of carbonyl (C=O) groups is 1. The van der Waals surface area contributed by atoms with E-state index in [1.165, 1.54) is 0 Å². The first-order valence-corrected chi connectivity index (χ1v) is 8.09. The Morgan fingerprint density at radius 3 is 2.57 bits per heavy atom. The standard InChI is InChI=1S/C16H18N2O2S/c1-12-14(17)8-5-9-15(12)18-16(19)11-21(20)10-13-6-3-2-4-7-13/h2-9H,10-11,17H2,1H3,(H,18,19). The maximum absolute atomic E-state index is 12.0. The van der Waals surface area contributed by atoms with Crippen LogP contribution in [0, 0.1) is 6.92 Å². The molecule has 110 valence electrons. The highest BCUT2D eigenvalue weighted by Crippen LogP contribution is 2.20. The Morgan fingerprint density at radius 1 is 1.14 bits per heavy atom. The van der Waals surface area contributed by atoms with Crippen LogP contribution in [0.5, 0.6) is 0 Å². The molecule has 0 aliphatic rings. The second-order valence-electron chi connectivity index (χ2n) is 4.78. The van der Waals surface area contributed by atoms with E-state index in [2.05, 4.69) is 5.32 Å². The smallest absolute Gasteiger partial charge is 0.237 e. The average molecular weight is 302 g/mol. The van der Waals surface area contributed by atoms with Crippen LogP contribution in [0.3, 0.4) is 0 Å². The van der Waals surface area contributed by atoms with Crippen LogP contribution in [-0.4, -0.2) is 15.9 Å². The molecule has 1 amide bonds. The normalized spacial score (nSPS) is 11.9. The van der Waals surface area contributed by atoms with Crippen molar-refractivity contribution in [2.24, 2.45) is 0 Å². The molecule has 5 heteroatoms. The van der Waals surface area contributed by atoms with Crippen molar-refractivity contribution in [3.05, 3.63) is 59.7 Å². The van der Waals surface area contributed by atoms with E-state index in [0.29, 0.717) is 17.1 Å². The molecule has 2 rings (SSSR count). The van der Waals surface area contributed by atoms with Crippen molar-refractivity contribution in [2.75, 3.05) is 16.8 Å². The van der Waals surface area contributed by atoms with E-state index in [1.807, 2.05) is 37.3 Å². The van der Waals surface area contributed by atoms with Crippen LogP contribution in [0.2, 0.25) is 0 Å². The van der Waals surface area contributed by atoms with Crippen LogP contribution in [-0.2, 0) is 21.3 Å². The number of hydrogen-bond acceptors (Lipinski definition) is 3. The molecule has 0 fully saturated rings. The minimum absolute atomic E-state index is 0.0247. The largest absolute Gasteiger partial charge is 0.398 e. The van der Waals surface area contributed by atoms with Crippen molar-refractivity contribution in [1.82, 2.24) is 0 Å². The molecule has 0 saturated heterocycles. The van der Waals surface area contributed by atoms with Crippen molar-refractivity contribution < 1.29 is 9.00 Å². The molecule has 1 atom stereocenters. The predicted molar refractivity (Wildman–Crippen MR) is 87.4 cm³/mol. The molecule has 0 aliphatic heterocycles. The van der Waals surface area contributed by atoms with E-state index in [0.717, 1.165) is 11.1 Å². The number of hydrogen-bond donors (Lipinski definition) is 2. The summed E-state index contributed by atoms with van der Waals surface area (Å²) < 4.78 is 12.0. The maximum atomic E-state index is 12.0. The van der Waals surface area contributed by atoms with Crippen LogP contribution in [0.1, 0.15) is 11.1 Å². The van der Waals surface area contributed by atoms with Gasteiger partial charge >= 0.3 is 0 Å². The summed E-state index contributed by atoms with van der Waals surface area (Å²) in [6, 6.07) is 14.8. The fourth-order valence-corrected chi connectivity index (χ4v) is 2.96. The molecular weight excluding hydrogens is 284 g/mol. The number of benzene rings is 2. The highest BCUT2D eigenvalue weighted by molar-refractivity contribution is 7.84. The van der Waals surface area contributed by atoms with Crippen LogP contribution >= 0.6 is 0 Å². The van der Waals surface area contributed by atoms with Gasteiger partial charge in [-0.25, -0.2) is 0 Å². The first kappa shape index (κ1) is 15.3. The lowest BCUT2D eigenvalue weighted by molar-refractivity contribution is -0.113. The van der Waals surface area contributed by atoms with E-state index in [1.54, 1.807) is 18.2 Å². The molecule has 0 bridgehead atoms. The van der Waals surface area contributed by atoms with Crippen molar-refractivity contribution in [1.29, 1.82) is 0 Å². The Morgan fingerprint density at radius 2 is 1.86 bits per heavy atom. The van der Waals surface area contributed by atoms with Gasteiger partial charge in [-0.2, -0.15) is 0 Å². The highest BCUT2D eigenvalue weighted by atomic mass is 32.2. The molecule has 0 spiro atoms. The Balaban J connectivity index is 1.92. The fourth-order valence-electron chi connectivity index (χ4n) is 1.93. The molecular formula is C16H18N2O2S.